The molecule has 0 atom stereocenters. The van der Waals surface area contributed by atoms with E-state index in [0.29, 0.717) is 18.0 Å². The summed E-state index contributed by atoms with van der Waals surface area (Å²) >= 11 is 0. The van der Waals surface area contributed by atoms with E-state index < -0.39 is 0 Å². The number of urea groups is 1. The maximum atomic E-state index is 12.0. The number of benzene rings is 3. The normalized spacial score (nSPS) is 10.0. The first-order chi connectivity index (χ1) is 12.7. The molecule has 5 nitrogen and oxygen atoms in total. The van der Waals surface area contributed by atoms with Crippen LogP contribution in [0.1, 0.15) is 5.56 Å². The molecule has 5 heteroatoms. The van der Waals surface area contributed by atoms with Crippen LogP contribution in [-0.4, -0.2) is 13.1 Å². The van der Waals surface area contributed by atoms with Crippen molar-refractivity contribution in [2.45, 2.75) is 6.61 Å². The second kappa shape index (κ2) is 8.58. The fourth-order valence-corrected chi connectivity index (χ4v) is 2.34. The van der Waals surface area contributed by atoms with Crippen molar-refractivity contribution < 1.29 is 14.3 Å². The Labute approximate surface area is 152 Å². The average molecular weight is 348 g/mol. The SMILES string of the molecule is COc1ccc(NC(=O)Nc2ccc(OCc3ccccc3)cc2)cc1. The average Bonchev–Trinajstić information content (AvgIpc) is 2.69. The van der Waals surface area contributed by atoms with Crippen molar-refractivity contribution in [1.82, 2.24) is 0 Å². The number of hydrogen-bond acceptors (Lipinski definition) is 3. The molecule has 0 saturated heterocycles. The van der Waals surface area contributed by atoms with E-state index in [9.17, 15) is 4.79 Å². The lowest BCUT2D eigenvalue weighted by Gasteiger charge is -2.10. The first-order valence-corrected chi connectivity index (χ1v) is 8.22. The Morgan fingerprint density at radius 2 is 1.31 bits per heavy atom. The van der Waals surface area contributed by atoms with E-state index >= 15 is 0 Å². The van der Waals surface area contributed by atoms with Gasteiger partial charge in [0.1, 0.15) is 18.1 Å². The molecule has 0 aliphatic heterocycles. The highest BCUT2D eigenvalue weighted by Crippen LogP contribution is 2.18. The van der Waals surface area contributed by atoms with Crippen LogP contribution >= 0.6 is 0 Å². The maximum Gasteiger partial charge on any atom is 0.323 e. The van der Waals surface area contributed by atoms with E-state index in [1.165, 1.54) is 0 Å². The Bertz CT molecular complexity index is 831. The number of carbonyl (C=O) groups is 1. The summed E-state index contributed by atoms with van der Waals surface area (Å²) in [7, 11) is 1.60. The Balaban J connectivity index is 1.50. The topological polar surface area (TPSA) is 59.6 Å². The van der Waals surface area contributed by atoms with Crippen LogP contribution in [0.15, 0.2) is 78.9 Å². The van der Waals surface area contributed by atoms with Crippen LogP contribution in [0.25, 0.3) is 0 Å². The number of ether oxygens (including phenoxy) is 2. The largest absolute Gasteiger partial charge is 0.497 e. The minimum atomic E-state index is -0.312. The highest BCUT2D eigenvalue weighted by atomic mass is 16.5. The number of rotatable bonds is 6. The van der Waals surface area contributed by atoms with E-state index in [4.69, 9.17) is 9.47 Å². The molecule has 0 saturated carbocycles. The molecule has 26 heavy (non-hydrogen) atoms. The highest BCUT2D eigenvalue weighted by molar-refractivity contribution is 5.99. The minimum Gasteiger partial charge on any atom is -0.497 e. The summed E-state index contributed by atoms with van der Waals surface area (Å²) < 4.78 is 10.8. The van der Waals surface area contributed by atoms with Crippen molar-refractivity contribution in [3.63, 3.8) is 0 Å². The van der Waals surface area contributed by atoms with Crippen molar-refractivity contribution in [3.8, 4) is 11.5 Å². The second-order valence-corrected chi connectivity index (χ2v) is 5.61. The van der Waals surface area contributed by atoms with E-state index in [2.05, 4.69) is 10.6 Å². The molecule has 0 heterocycles. The Morgan fingerprint density at radius 1 is 0.769 bits per heavy atom. The lowest BCUT2D eigenvalue weighted by atomic mass is 10.2. The molecule has 0 fully saturated rings. The van der Waals surface area contributed by atoms with Gasteiger partial charge in [-0.15, -0.1) is 0 Å². The van der Waals surface area contributed by atoms with Gasteiger partial charge in [-0.3, -0.25) is 0 Å². The van der Waals surface area contributed by atoms with Gasteiger partial charge in [0.25, 0.3) is 0 Å². The van der Waals surface area contributed by atoms with Crippen molar-refractivity contribution in [1.29, 1.82) is 0 Å². The zero-order valence-electron chi connectivity index (χ0n) is 14.4. The lowest BCUT2D eigenvalue weighted by molar-refractivity contribution is 0.262. The van der Waals surface area contributed by atoms with Gasteiger partial charge < -0.3 is 20.1 Å². The molecule has 2 N–H and O–H groups in total. The number of hydrogen-bond donors (Lipinski definition) is 2. The van der Waals surface area contributed by atoms with Crippen LogP contribution in [0.3, 0.4) is 0 Å². The predicted octanol–water partition coefficient (Wildman–Crippen LogP) is 4.92. The van der Waals surface area contributed by atoms with Gasteiger partial charge in [-0.05, 0) is 54.1 Å². The summed E-state index contributed by atoms with van der Waals surface area (Å²) in [5.41, 5.74) is 2.47. The Morgan fingerprint density at radius 3 is 1.85 bits per heavy atom. The summed E-state index contributed by atoms with van der Waals surface area (Å²) in [4.78, 5) is 12.0. The zero-order chi connectivity index (χ0) is 18.2. The molecule has 3 aromatic rings. The molecule has 0 radical (unpaired) electrons. The third-order valence-corrected chi connectivity index (χ3v) is 3.71. The monoisotopic (exact) mass is 348 g/mol. The van der Waals surface area contributed by atoms with Crippen molar-refractivity contribution >= 4 is 17.4 Å². The zero-order valence-corrected chi connectivity index (χ0v) is 14.4. The number of anilines is 2. The molecular weight excluding hydrogens is 328 g/mol. The quantitative estimate of drug-likeness (QED) is 0.665. The fourth-order valence-electron chi connectivity index (χ4n) is 2.34. The first-order valence-electron chi connectivity index (χ1n) is 8.22. The van der Waals surface area contributed by atoms with Gasteiger partial charge in [-0.2, -0.15) is 0 Å². The molecule has 0 unspecified atom stereocenters. The van der Waals surface area contributed by atoms with E-state index in [1.54, 1.807) is 43.5 Å². The molecule has 0 aromatic heterocycles. The van der Waals surface area contributed by atoms with Crippen molar-refractivity contribution in [2.24, 2.45) is 0 Å². The van der Waals surface area contributed by atoms with Gasteiger partial charge in [-0.25, -0.2) is 4.79 Å². The van der Waals surface area contributed by atoms with E-state index in [0.717, 1.165) is 17.1 Å². The van der Waals surface area contributed by atoms with Crippen molar-refractivity contribution in [3.05, 3.63) is 84.4 Å². The third-order valence-electron chi connectivity index (χ3n) is 3.71. The third kappa shape index (κ3) is 5.01. The van der Waals surface area contributed by atoms with Crippen LogP contribution in [0.5, 0.6) is 11.5 Å². The second-order valence-electron chi connectivity index (χ2n) is 5.61. The van der Waals surface area contributed by atoms with Gasteiger partial charge in [0.15, 0.2) is 0 Å². The number of carbonyl (C=O) groups excluding carboxylic acids is 1. The standard InChI is InChI=1S/C21H20N2O3/c1-25-19-11-7-17(8-12-19)22-21(24)23-18-9-13-20(14-10-18)26-15-16-5-3-2-4-6-16/h2-14H,15H2,1H3,(H2,22,23,24). The van der Waals surface area contributed by atoms with Gasteiger partial charge in [0.2, 0.25) is 0 Å². The molecule has 0 spiro atoms. The molecule has 3 aromatic carbocycles. The molecule has 2 amide bonds. The molecule has 0 bridgehead atoms. The van der Waals surface area contributed by atoms with Crippen LogP contribution in [0.2, 0.25) is 0 Å². The van der Waals surface area contributed by atoms with Crippen LogP contribution in [0, 0.1) is 0 Å². The summed E-state index contributed by atoms with van der Waals surface area (Å²) in [6, 6.07) is 24.0. The fraction of sp³-hybridized carbons (Fsp3) is 0.0952. The number of nitrogens with one attached hydrogen (secondary N) is 2. The summed E-state index contributed by atoms with van der Waals surface area (Å²) in [5, 5.41) is 5.55. The van der Waals surface area contributed by atoms with Crippen molar-refractivity contribution in [2.75, 3.05) is 17.7 Å². The van der Waals surface area contributed by atoms with Crippen LogP contribution < -0.4 is 20.1 Å². The molecule has 0 aliphatic rings. The molecular formula is C21H20N2O3. The van der Waals surface area contributed by atoms with Gasteiger partial charge in [0.05, 0.1) is 7.11 Å². The molecule has 132 valence electrons. The number of methoxy groups -OCH3 is 1. The highest BCUT2D eigenvalue weighted by Gasteiger charge is 2.03. The van der Waals surface area contributed by atoms with Gasteiger partial charge in [0, 0.05) is 11.4 Å². The lowest BCUT2D eigenvalue weighted by Crippen LogP contribution is -2.19. The summed E-state index contributed by atoms with van der Waals surface area (Å²) in [6.07, 6.45) is 0. The predicted molar refractivity (Wildman–Crippen MR) is 103 cm³/mol. The van der Waals surface area contributed by atoms with Gasteiger partial charge >= 0.3 is 6.03 Å². The smallest absolute Gasteiger partial charge is 0.323 e. The maximum absolute atomic E-state index is 12.0. The molecule has 0 aliphatic carbocycles. The Hall–Kier alpha value is -3.47. The number of amides is 2. The van der Waals surface area contributed by atoms with Crippen LogP contribution in [-0.2, 0) is 6.61 Å². The first kappa shape index (κ1) is 17.4. The summed E-state index contributed by atoms with van der Waals surface area (Å²) in [5.74, 6) is 1.48. The molecule has 3 rings (SSSR count). The van der Waals surface area contributed by atoms with Crippen LogP contribution in [0.4, 0.5) is 16.2 Å². The summed E-state index contributed by atoms with van der Waals surface area (Å²) in [6.45, 7) is 0.506. The minimum absolute atomic E-state index is 0.312. The van der Waals surface area contributed by atoms with Gasteiger partial charge in [-0.1, -0.05) is 30.3 Å². The van der Waals surface area contributed by atoms with E-state index in [1.807, 2.05) is 42.5 Å². The van der Waals surface area contributed by atoms with E-state index in [-0.39, 0.29) is 6.03 Å². The Kier molecular flexibility index (Phi) is 5.72.